The molecule has 0 bridgehead atoms. The van der Waals surface area contributed by atoms with Crippen LogP contribution < -0.4 is 5.32 Å². The molecule has 0 amide bonds. The summed E-state index contributed by atoms with van der Waals surface area (Å²) in [5.41, 5.74) is 1.32. The van der Waals surface area contributed by atoms with Gasteiger partial charge in [0.15, 0.2) is 0 Å². The van der Waals surface area contributed by atoms with E-state index in [1.54, 1.807) is 0 Å². The number of carboxylic acids is 1. The van der Waals surface area contributed by atoms with Gasteiger partial charge in [-0.2, -0.15) is 0 Å². The molecule has 1 aliphatic carbocycles. The Morgan fingerprint density at radius 3 is 2.50 bits per heavy atom. The molecule has 2 N–H and O–H groups in total. The first-order valence-corrected chi connectivity index (χ1v) is 7.67. The van der Waals surface area contributed by atoms with Crippen LogP contribution in [0.25, 0.3) is 0 Å². The van der Waals surface area contributed by atoms with Gasteiger partial charge >= 0.3 is 5.97 Å². The predicted octanol–water partition coefficient (Wildman–Crippen LogP) is 3.24. The van der Waals surface area contributed by atoms with Crippen LogP contribution in [-0.4, -0.2) is 24.2 Å². The maximum Gasteiger partial charge on any atom is 0.303 e. The first-order valence-electron chi connectivity index (χ1n) is 7.67. The zero-order valence-corrected chi connectivity index (χ0v) is 12.1. The van der Waals surface area contributed by atoms with E-state index >= 15 is 0 Å². The van der Waals surface area contributed by atoms with Crippen LogP contribution in [0.1, 0.15) is 44.1 Å². The molecule has 0 saturated heterocycles. The third-order valence-corrected chi connectivity index (χ3v) is 4.37. The van der Waals surface area contributed by atoms with Crippen molar-refractivity contribution in [2.24, 2.45) is 5.41 Å². The highest BCUT2D eigenvalue weighted by molar-refractivity contribution is 5.67. The molecule has 1 aliphatic rings. The van der Waals surface area contributed by atoms with Crippen LogP contribution in [0.2, 0.25) is 0 Å². The molecule has 0 heterocycles. The molecule has 2 rings (SSSR count). The molecule has 1 saturated carbocycles. The molecular weight excluding hydrogens is 250 g/mol. The molecule has 0 radical (unpaired) electrons. The summed E-state index contributed by atoms with van der Waals surface area (Å²) in [6.45, 7) is 1.76. The summed E-state index contributed by atoms with van der Waals surface area (Å²) in [4.78, 5) is 11.1. The van der Waals surface area contributed by atoms with Crippen LogP contribution >= 0.6 is 0 Å². The van der Waals surface area contributed by atoms with E-state index < -0.39 is 5.97 Å². The highest BCUT2D eigenvalue weighted by Gasteiger charge is 2.33. The van der Waals surface area contributed by atoms with Crippen LogP contribution in [0.3, 0.4) is 0 Å². The molecule has 1 aromatic rings. The number of hydrogen-bond acceptors (Lipinski definition) is 2. The van der Waals surface area contributed by atoms with Gasteiger partial charge in [0.1, 0.15) is 0 Å². The van der Waals surface area contributed by atoms with Gasteiger partial charge in [-0.1, -0.05) is 49.6 Å². The minimum atomic E-state index is -0.656. The van der Waals surface area contributed by atoms with E-state index in [9.17, 15) is 4.79 Å². The summed E-state index contributed by atoms with van der Waals surface area (Å²) in [5.74, 6) is -0.656. The molecule has 3 nitrogen and oxygen atoms in total. The maximum absolute atomic E-state index is 11.1. The fourth-order valence-corrected chi connectivity index (χ4v) is 3.27. The summed E-state index contributed by atoms with van der Waals surface area (Å²) in [6, 6.07) is 10.4. The number of rotatable bonds is 7. The fourth-order valence-electron chi connectivity index (χ4n) is 3.27. The molecule has 1 aromatic carbocycles. The molecule has 1 fully saturated rings. The van der Waals surface area contributed by atoms with E-state index in [0.717, 1.165) is 32.4 Å². The second-order valence-corrected chi connectivity index (χ2v) is 6.04. The van der Waals surface area contributed by atoms with Crippen LogP contribution in [0.4, 0.5) is 0 Å². The smallest absolute Gasteiger partial charge is 0.303 e. The summed E-state index contributed by atoms with van der Waals surface area (Å²) >= 11 is 0. The van der Waals surface area contributed by atoms with Crippen molar-refractivity contribution in [1.82, 2.24) is 5.32 Å². The molecular formula is C17H25NO2. The molecule has 110 valence electrons. The minimum Gasteiger partial charge on any atom is -0.481 e. The molecule has 20 heavy (non-hydrogen) atoms. The van der Waals surface area contributed by atoms with Crippen molar-refractivity contribution in [2.75, 3.05) is 13.1 Å². The quantitative estimate of drug-likeness (QED) is 0.751. The van der Waals surface area contributed by atoms with Crippen LogP contribution in [0.15, 0.2) is 30.3 Å². The molecule has 3 heteroatoms. The number of carboxylic acid groups (broad SMARTS) is 1. The van der Waals surface area contributed by atoms with E-state index in [1.165, 1.54) is 24.8 Å². The standard InChI is InChI=1S/C17H25NO2/c19-16(20)13-17(10-5-2-6-11-17)14-18-12-9-15-7-3-1-4-8-15/h1,3-4,7-8,18H,2,5-6,9-14H2,(H,19,20). The fraction of sp³-hybridized carbons (Fsp3) is 0.588. The average molecular weight is 275 g/mol. The Balaban J connectivity index is 1.78. The Morgan fingerprint density at radius 2 is 1.85 bits per heavy atom. The van der Waals surface area contributed by atoms with Crippen molar-refractivity contribution < 1.29 is 9.90 Å². The van der Waals surface area contributed by atoms with Crippen molar-refractivity contribution in [2.45, 2.75) is 44.9 Å². The molecule has 0 aromatic heterocycles. The predicted molar refractivity (Wildman–Crippen MR) is 80.8 cm³/mol. The summed E-state index contributed by atoms with van der Waals surface area (Å²) < 4.78 is 0. The second-order valence-electron chi connectivity index (χ2n) is 6.04. The Morgan fingerprint density at radius 1 is 1.15 bits per heavy atom. The van der Waals surface area contributed by atoms with Crippen molar-refractivity contribution in [3.8, 4) is 0 Å². The SMILES string of the molecule is O=C(O)CC1(CNCCc2ccccc2)CCCCC1. The van der Waals surface area contributed by atoms with Gasteiger partial charge in [0.2, 0.25) is 0 Å². The zero-order chi connectivity index (χ0) is 14.3. The Kier molecular flexibility index (Phi) is 5.60. The Bertz CT molecular complexity index is 410. The number of nitrogens with one attached hydrogen (secondary N) is 1. The summed E-state index contributed by atoms with van der Waals surface area (Å²) in [6.07, 6.45) is 7.03. The number of benzene rings is 1. The third-order valence-electron chi connectivity index (χ3n) is 4.37. The lowest BCUT2D eigenvalue weighted by molar-refractivity contribution is -0.140. The highest BCUT2D eigenvalue weighted by Crippen LogP contribution is 2.38. The normalized spacial score (nSPS) is 17.8. The van der Waals surface area contributed by atoms with Gasteiger partial charge in [-0.3, -0.25) is 4.79 Å². The van der Waals surface area contributed by atoms with E-state index in [4.69, 9.17) is 5.11 Å². The van der Waals surface area contributed by atoms with E-state index in [2.05, 4.69) is 29.6 Å². The lowest BCUT2D eigenvalue weighted by Gasteiger charge is -2.36. The van der Waals surface area contributed by atoms with Crippen molar-refractivity contribution in [3.05, 3.63) is 35.9 Å². The Labute approximate surface area is 121 Å². The lowest BCUT2D eigenvalue weighted by Crippen LogP contribution is -2.38. The maximum atomic E-state index is 11.1. The second kappa shape index (κ2) is 7.44. The first-order chi connectivity index (χ1) is 9.70. The van der Waals surface area contributed by atoms with Gasteiger partial charge < -0.3 is 10.4 Å². The van der Waals surface area contributed by atoms with Gasteiger partial charge in [-0.15, -0.1) is 0 Å². The Hall–Kier alpha value is -1.35. The van der Waals surface area contributed by atoms with Crippen LogP contribution in [0, 0.1) is 5.41 Å². The van der Waals surface area contributed by atoms with Gasteiger partial charge in [0, 0.05) is 6.54 Å². The summed E-state index contributed by atoms with van der Waals surface area (Å²) in [5, 5.41) is 12.6. The first kappa shape index (κ1) is 15.0. The van der Waals surface area contributed by atoms with Crippen LogP contribution in [0.5, 0.6) is 0 Å². The largest absolute Gasteiger partial charge is 0.481 e. The number of carbonyl (C=O) groups is 1. The third kappa shape index (κ3) is 4.64. The topological polar surface area (TPSA) is 49.3 Å². The minimum absolute atomic E-state index is 0.0131. The average Bonchev–Trinajstić information content (AvgIpc) is 2.45. The monoisotopic (exact) mass is 275 g/mol. The van der Waals surface area contributed by atoms with E-state index in [1.807, 2.05) is 6.07 Å². The van der Waals surface area contributed by atoms with Gasteiger partial charge in [-0.25, -0.2) is 0 Å². The number of hydrogen-bond donors (Lipinski definition) is 2. The summed E-state index contributed by atoms with van der Waals surface area (Å²) in [7, 11) is 0. The molecule has 0 unspecified atom stereocenters. The van der Waals surface area contributed by atoms with Crippen molar-refractivity contribution >= 4 is 5.97 Å². The zero-order valence-electron chi connectivity index (χ0n) is 12.1. The van der Waals surface area contributed by atoms with Crippen molar-refractivity contribution in [1.29, 1.82) is 0 Å². The molecule has 0 aliphatic heterocycles. The van der Waals surface area contributed by atoms with Crippen molar-refractivity contribution in [3.63, 3.8) is 0 Å². The molecule has 0 spiro atoms. The highest BCUT2D eigenvalue weighted by atomic mass is 16.4. The number of aliphatic carboxylic acids is 1. The van der Waals surface area contributed by atoms with Gasteiger partial charge in [0.25, 0.3) is 0 Å². The lowest BCUT2D eigenvalue weighted by atomic mass is 9.71. The van der Waals surface area contributed by atoms with Gasteiger partial charge in [-0.05, 0) is 36.8 Å². The van der Waals surface area contributed by atoms with E-state index in [-0.39, 0.29) is 5.41 Å². The van der Waals surface area contributed by atoms with E-state index in [0.29, 0.717) is 6.42 Å². The van der Waals surface area contributed by atoms with Crippen LogP contribution in [-0.2, 0) is 11.2 Å². The van der Waals surface area contributed by atoms with Gasteiger partial charge in [0.05, 0.1) is 6.42 Å². The molecule has 0 atom stereocenters.